The average Bonchev–Trinajstić information content (AvgIpc) is 2.82. The van der Waals surface area contributed by atoms with Gasteiger partial charge >= 0.3 is 0 Å². The van der Waals surface area contributed by atoms with Gasteiger partial charge in [0, 0.05) is 18.0 Å². The number of fused-ring (bicyclic) bond motifs is 1. The van der Waals surface area contributed by atoms with Crippen molar-refractivity contribution in [1.29, 1.82) is 0 Å². The fourth-order valence-electron chi connectivity index (χ4n) is 3.03. The second-order valence-electron chi connectivity index (χ2n) is 6.22. The molecule has 1 fully saturated rings. The summed E-state index contributed by atoms with van der Waals surface area (Å²) in [6.45, 7) is 3.76. The number of likely N-dealkylation sites (tertiary alicyclic amines) is 1. The van der Waals surface area contributed by atoms with E-state index in [1.165, 1.54) is 6.07 Å². The summed E-state index contributed by atoms with van der Waals surface area (Å²) < 4.78 is 33.6. The van der Waals surface area contributed by atoms with Crippen LogP contribution in [-0.2, 0) is 16.4 Å². The maximum atomic E-state index is 12.6. The minimum atomic E-state index is -3.55. The van der Waals surface area contributed by atoms with Crippen molar-refractivity contribution in [2.45, 2.75) is 43.2 Å². The first kappa shape index (κ1) is 16.1. The summed E-state index contributed by atoms with van der Waals surface area (Å²) >= 11 is 6.18. The van der Waals surface area contributed by atoms with Crippen molar-refractivity contribution in [2.24, 2.45) is 0 Å². The van der Waals surface area contributed by atoms with E-state index in [1.54, 1.807) is 6.07 Å². The minimum Gasteiger partial charge on any atom is -0.489 e. The molecule has 0 saturated carbocycles. The van der Waals surface area contributed by atoms with E-state index in [9.17, 15) is 8.42 Å². The van der Waals surface area contributed by atoms with Crippen molar-refractivity contribution in [3.05, 3.63) is 22.7 Å². The molecule has 2 heterocycles. The van der Waals surface area contributed by atoms with Gasteiger partial charge in [0.05, 0.1) is 9.92 Å². The molecule has 1 aromatic carbocycles. The maximum Gasteiger partial charge on any atom is 0.240 e. The fraction of sp³-hybridized carbons (Fsp3) is 0.600. The first-order chi connectivity index (χ1) is 10.3. The Bertz CT molecular complexity index is 670. The summed E-state index contributed by atoms with van der Waals surface area (Å²) in [4.78, 5) is 2.43. The predicted octanol–water partition coefficient (Wildman–Crippen LogP) is 2.04. The standard InChI is InChI=1S/C15H21ClN2O3S/c1-10-7-11-8-13(9-14(16)15(11)21-10)22(19,20)17-12-3-5-18(2)6-4-12/h8-10,12,17H,3-7H2,1-2H3/t10-/m0/s1. The average molecular weight is 345 g/mol. The van der Waals surface area contributed by atoms with Crippen LogP contribution in [0.1, 0.15) is 25.3 Å². The van der Waals surface area contributed by atoms with Crippen molar-refractivity contribution in [1.82, 2.24) is 9.62 Å². The van der Waals surface area contributed by atoms with Gasteiger partial charge in [-0.15, -0.1) is 0 Å². The number of benzene rings is 1. The number of rotatable bonds is 3. The van der Waals surface area contributed by atoms with Crippen molar-refractivity contribution in [3.8, 4) is 5.75 Å². The quantitative estimate of drug-likeness (QED) is 0.911. The van der Waals surface area contributed by atoms with E-state index in [1.807, 2.05) is 14.0 Å². The Hall–Kier alpha value is -0.820. The summed E-state index contributed by atoms with van der Waals surface area (Å²) in [6.07, 6.45) is 2.38. The molecule has 7 heteroatoms. The molecular formula is C15H21ClN2O3S. The third kappa shape index (κ3) is 3.25. The van der Waals surface area contributed by atoms with Gasteiger partial charge in [-0.1, -0.05) is 11.6 Å². The third-order valence-corrected chi connectivity index (χ3v) is 6.05. The Balaban J connectivity index is 1.81. The topological polar surface area (TPSA) is 58.6 Å². The van der Waals surface area contributed by atoms with E-state index in [-0.39, 0.29) is 17.0 Å². The van der Waals surface area contributed by atoms with E-state index in [4.69, 9.17) is 16.3 Å². The molecule has 0 unspecified atom stereocenters. The van der Waals surface area contributed by atoms with Crippen LogP contribution in [0.4, 0.5) is 0 Å². The lowest BCUT2D eigenvalue weighted by Crippen LogP contribution is -2.43. The molecule has 0 spiro atoms. The monoisotopic (exact) mass is 344 g/mol. The normalized spacial score (nSPS) is 23.3. The Morgan fingerprint density at radius 2 is 2.00 bits per heavy atom. The van der Waals surface area contributed by atoms with Crippen LogP contribution in [-0.4, -0.2) is 45.6 Å². The third-order valence-electron chi connectivity index (χ3n) is 4.27. The molecule has 1 N–H and O–H groups in total. The van der Waals surface area contributed by atoms with Gasteiger partial charge in [0.25, 0.3) is 0 Å². The van der Waals surface area contributed by atoms with Crippen molar-refractivity contribution < 1.29 is 13.2 Å². The molecule has 0 bridgehead atoms. The Labute approximate surface area is 136 Å². The molecule has 1 aromatic rings. The molecule has 1 atom stereocenters. The summed E-state index contributed by atoms with van der Waals surface area (Å²) in [7, 11) is -1.50. The first-order valence-corrected chi connectivity index (χ1v) is 9.41. The van der Waals surface area contributed by atoms with Crippen molar-refractivity contribution in [2.75, 3.05) is 20.1 Å². The predicted molar refractivity (Wildman–Crippen MR) is 86.1 cm³/mol. The van der Waals surface area contributed by atoms with Crippen LogP contribution in [0.5, 0.6) is 5.75 Å². The smallest absolute Gasteiger partial charge is 0.240 e. The summed E-state index contributed by atoms with van der Waals surface area (Å²) in [5, 5.41) is 0.366. The molecule has 0 aliphatic carbocycles. The number of hydrogen-bond acceptors (Lipinski definition) is 4. The molecule has 1 saturated heterocycles. The summed E-state index contributed by atoms with van der Waals surface area (Å²) in [5.41, 5.74) is 0.865. The Morgan fingerprint density at radius 3 is 2.68 bits per heavy atom. The SMILES string of the molecule is C[C@H]1Cc2cc(S(=O)(=O)NC3CCN(C)CC3)cc(Cl)c2O1. The number of halogens is 1. The second-order valence-corrected chi connectivity index (χ2v) is 8.35. The zero-order valence-corrected chi connectivity index (χ0v) is 14.4. The number of nitrogens with one attached hydrogen (secondary N) is 1. The van der Waals surface area contributed by atoms with Gasteiger partial charge in [-0.05, 0) is 52.0 Å². The summed E-state index contributed by atoms with van der Waals surface area (Å²) in [5.74, 6) is 0.618. The number of ether oxygens (including phenoxy) is 1. The molecule has 2 aliphatic heterocycles. The van der Waals surface area contributed by atoms with E-state index >= 15 is 0 Å². The molecule has 0 aromatic heterocycles. The lowest BCUT2D eigenvalue weighted by Gasteiger charge is -2.29. The molecule has 0 radical (unpaired) electrons. The minimum absolute atomic E-state index is 0.0107. The molecule has 3 rings (SSSR count). The van der Waals surface area contributed by atoms with Crippen LogP contribution in [0.2, 0.25) is 5.02 Å². The highest BCUT2D eigenvalue weighted by molar-refractivity contribution is 7.89. The van der Waals surface area contributed by atoms with E-state index < -0.39 is 10.0 Å². The highest BCUT2D eigenvalue weighted by atomic mass is 35.5. The summed E-state index contributed by atoms with van der Waals surface area (Å²) in [6, 6.07) is 3.15. The van der Waals surface area contributed by atoms with Crippen LogP contribution in [0.15, 0.2) is 17.0 Å². The molecule has 2 aliphatic rings. The van der Waals surface area contributed by atoms with Crippen LogP contribution in [0.3, 0.4) is 0 Å². The maximum absolute atomic E-state index is 12.6. The largest absolute Gasteiger partial charge is 0.489 e. The zero-order valence-electron chi connectivity index (χ0n) is 12.8. The number of nitrogens with zero attached hydrogens (tertiary/aromatic N) is 1. The highest BCUT2D eigenvalue weighted by Gasteiger charge is 2.28. The zero-order chi connectivity index (χ0) is 15.9. The molecule has 5 nitrogen and oxygen atoms in total. The molecule has 0 amide bonds. The number of sulfonamides is 1. The van der Waals surface area contributed by atoms with Gasteiger partial charge in [-0.25, -0.2) is 13.1 Å². The van der Waals surface area contributed by atoms with Crippen LogP contribution >= 0.6 is 11.6 Å². The van der Waals surface area contributed by atoms with Crippen LogP contribution in [0.25, 0.3) is 0 Å². The fourth-order valence-corrected chi connectivity index (χ4v) is 4.76. The van der Waals surface area contributed by atoms with Gasteiger partial charge in [0.1, 0.15) is 11.9 Å². The van der Waals surface area contributed by atoms with Gasteiger partial charge < -0.3 is 9.64 Å². The van der Waals surface area contributed by atoms with Gasteiger partial charge in [-0.2, -0.15) is 0 Å². The van der Waals surface area contributed by atoms with E-state index in [2.05, 4.69) is 9.62 Å². The van der Waals surface area contributed by atoms with Crippen molar-refractivity contribution in [3.63, 3.8) is 0 Å². The van der Waals surface area contributed by atoms with Crippen molar-refractivity contribution >= 4 is 21.6 Å². The van der Waals surface area contributed by atoms with Gasteiger partial charge in [0.15, 0.2) is 0 Å². The van der Waals surface area contributed by atoms with E-state index in [0.717, 1.165) is 31.5 Å². The molecular weight excluding hydrogens is 324 g/mol. The lowest BCUT2D eigenvalue weighted by atomic mass is 10.1. The highest BCUT2D eigenvalue weighted by Crippen LogP contribution is 2.38. The second kappa shape index (κ2) is 6.00. The first-order valence-electron chi connectivity index (χ1n) is 7.55. The van der Waals surface area contributed by atoms with Crippen LogP contribution < -0.4 is 9.46 Å². The molecule has 22 heavy (non-hydrogen) atoms. The lowest BCUT2D eigenvalue weighted by molar-refractivity contribution is 0.248. The number of piperidine rings is 1. The van der Waals surface area contributed by atoms with Crippen LogP contribution in [0, 0.1) is 0 Å². The number of hydrogen-bond donors (Lipinski definition) is 1. The Kier molecular flexibility index (Phi) is 4.38. The van der Waals surface area contributed by atoms with Gasteiger partial charge in [0.2, 0.25) is 10.0 Å². The van der Waals surface area contributed by atoms with Gasteiger partial charge in [-0.3, -0.25) is 0 Å². The Morgan fingerprint density at radius 1 is 1.32 bits per heavy atom. The van der Waals surface area contributed by atoms with E-state index in [0.29, 0.717) is 17.2 Å². The molecule has 122 valence electrons.